The molecule has 3 aromatic carbocycles. The highest BCUT2D eigenvalue weighted by atomic mass is 16.7. The lowest BCUT2D eigenvalue weighted by molar-refractivity contribution is 0.00578. The van der Waals surface area contributed by atoms with Crippen molar-refractivity contribution in [3.8, 4) is 23.7 Å². The summed E-state index contributed by atoms with van der Waals surface area (Å²) in [4.78, 5) is 0. The maximum absolute atomic E-state index is 6.53. The van der Waals surface area contributed by atoms with E-state index in [9.17, 15) is 0 Å². The van der Waals surface area contributed by atoms with Gasteiger partial charge in [0.1, 0.15) is 0 Å². The molecule has 1 heterocycles. The van der Waals surface area contributed by atoms with Gasteiger partial charge in [-0.2, -0.15) is 0 Å². The van der Waals surface area contributed by atoms with Gasteiger partial charge in [-0.15, -0.1) is 0 Å². The first-order valence-corrected chi connectivity index (χ1v) is 13.0. The quantitative estimate of drug-likeness (QED) is 0.280. The fraction of sp³-hybridized carbons (Fsp3) is 0.353. The van der Waals surface area contributed by atoms with Crippen LogP contribution in [0.3, 0.4) is 0 Å². The number of hydrogen-bond acceptors (Lipinski definition) is 2. The minimum atomic E-state index is -0.566. The molecule has 0 saturated carbocycles. The molecule has 0 N–H and O–H groups in total. The Balaban J connectivity index is 1.93. The minimum absolute atomic E-state index is 0.0744. The van der Waals surface area contributed by atoms with Crippen molar-refractivity contribution in [1.82, 2.24) is 0 Å². The van der Waals surface area contributed by atoms with Crippen molar-refractivity contribution in [2.24, 2.45) is 0 Å². The lowest BCUT2D eigenvalue weighted by Gasteiger charge is -2.32. The fourth-order valence-electron chi connectivity index (χ4n) is 4.06. The summed E-state index contributed by atoms with van der Waals surface area (Å²) in [6.45, 7) is 19.1. The average Bonchev–Trinajstić information content (AvgIpc) is 3.03. The van der Waals surface area contributed by atoms with Crippen molar-refractivity contribution in [1.29, 1.82) is 0 Å². The summed E-state index contributed by atoms with van der Waals surface area (Å²) in [5.41, 5.74) is 7.21. The lowest BCUT2D eigenvalue weighted by atomic mass is 9.70. The van der Waals surface area contributed by atoms with E-state index in [0.717, 1.165) is 27.7 Å². The van der Waals surface area contributed by atoms with Gasteiger partial charge in [0.2, 0.25) is 0 Å². The summed E-state index contributed by atoms with van der Waals surface area (Å²) in [5.74, 6) is 13.7. The molecule has 0 unspecified atom stereocenters. The Labute approximate surface area is 223 Å². The van der Waals surface area contributed by atoms with Crippen LogP contribution in [0.2, 0.25) is 0 Å². The third kappa shape index (κ3) is 6.02. The summed E-state index contributed by atoms with van der Waals surface area (Å²) in [5, 5.41) is 0. The Kier molecular flexibility index (Phi) is 7.18. The molecule has 2 nitrogen and oxygen atoms in total. The molecule has 0 amide bonds. The first-order chi connectivity index (χ1) is 17.2. The summed E-state index contributed by atoms with van der Waals surface area (Å²) in [7, 11) is -0.566. The van der Waals surface area contributed by atoms with Gasteiger partial charge < -0.3 is 9.31 Å². The van der Waals surface area contributed by atoms with Crippen LogP contribution in [0.15, 0.2) is 60.7 Å². The van der Waals surface area contributed by atoms with E-state index >= 15 is 0 Å². The van der Waals surface area contributed by atoms with E-state index in [2.05, 4.69) is 147 Å². The highest BCUT2D eigenvalue weighted by Gasteiger charge is 2.52. The number of aryl methyl sites for hydroxylation is 2. The molecular formula is C34H37BO2. The van der Waals surface area contributed by atoms with Crippen LogP contribution in [0.4, 0.5) is 0 Å². The van der Waals surface area contributed by atoms with Crippen LogP contribution in [0.25, 0.3) is 0 Å². The van der Waals surface area contributed by atoms with Gasteiger partial charge >= 0.3 is 7.12 Å². The number of rotatable bonds is 1. The average molecular weight is 488 g/mol. The fourth-order valence-corrected chi connectivity index (χ4v) is 4.06. The zero-order valence-corrected chi connectivity index (χ0v) is 23.7. The maximum Gasteiger partial charge on any atom is 0.497 e. The third-order valence-electron chi connectivity index (χ3n) is 7.32. The second-order valence-corrected chi connectivity index (χ2v) is 12.1. The predicted octanol–water partition coefficient (Wildman–Crippen LogP) is 6.70. The van der Waals surface area contributed by atoms with Crippen molar-refractivity contribution in [2.45, 2.75) is 78.9 Å². The molecule has 37 heavy (non-hydrogen) atoms. The highest BCUT2D eigenvalue weighted by molar-refractivity contribution is 6.63. The summed E-state index contributed by atoms with van der Waals surface area (Å²) in [6, 6.07) is 20.9. The van der Waals surface area contributed by atoms with E-state index in [1.54, 1.807) is 0 Å². The van der Waals surface area contributed by atoms with Crippen molar-refractivity contribution in [3.63, 3.8) is 0 Å². The van der Waals surface area contributed by atoms with Gasteiger partial charge in [0, 0.05) is 27.7 Å². The van der Waals surface area contributed by atoms with Gasteiger partial charge in [-0.3, -0.25) is 0 Å². The topological polar surface area (TPSA) is 18.5 Å². The molecule has 1 aliphatic rings. The maximum atomic E-state index is 6.53. The van der Waals surface area contributed by atoms with Crippen molar-refractivity contribution < 1.29 is 9.31 Å². The van der Waals surface area contributed by atoms with Gasteiger partial charge in [-0.05, 0) is 88.9 Å². The molecule has 0 aromatic heterocycles. The van der Waals surface area contributed by atoms with Gasteiger partial charge in [0.05, 0.1) is 11.2 Å². The Hall–Kier alpha value is -3.24. The van der Waals surface area contributed by atoms with Crippen LogP contribution in [0.5, 0.6) is 0 Å². The first-order valence-electron chi connectivity index (χ1n) is 13.0. The van der Waals surface area contributed by atoms with E-state index in [-0.39, 0.29) is 5.41 Å². The van der Waals surface area contributed by atoms with Crippen LogP contribution in [0, 0.1) is 37.5 Å². The van der Waals surface area contributed by atoms with E-state index < -0.39 is 18.3 Å². The summed E-state index contributed by atoms with van der Waals surface area (Å²) >= 11 is 0. The summed E-state index contributed by atoms with van der Waals surface area (Å²) < 4.78 is 13.1. The standard InChI is InChI=1S/C34H37BO2/c1-24-10-14-26(15-11-24)18-20-28-22-30(32(3,4)5)23-29(21-19-27-16-12-25(2)13-17-27)31(28)35-36-33(6,7)34(8,9)37-35/h10-17,22-23H,1-9H3. The van der Waals surface area contributed by atoms with Crippen molar-refractivity contribution in [3.05, 3.63) is 99.6 Å². The minimum Gasteiger partial charge on any atom is -0.399 e. The number of benzene rings is 3. The molecule has 0 spiro atoms. The van der Waals surface area contributed by atoms with E-state index in [4.69, 9.17) is 9.31 Å². The van der Waals surface area contributed by atoms with Crippen LogP contribution < -0.4 is 5.46 Å². The van der Waals surface area contributed by atoms with E-state index in [1.165, 1.54) is 16.7 Å². The Morgan fingerprint density at radius 2 is 1.00 bits per heavy atom. The normalized spacial score (nSPS) is 16.0. The molecule has 188 valence electrons. The van der Waals surface area contributed by atoms with Crippen LogP contribution in [0.1, 0.15) is 87.4 Å². The molecule has 0 aliphatic carbocycles. The molecule has 1 saturated heterocycles. The van der Waals surface area contributed by atoms with Gasteiger partial charge in [-0.1, -0.05) is 79.8 Å². The van der Waals surface area contributed by atoms with Crippen LogP contribution in [-0.2, 0) is 14.7 Å². The zero-order chi connectivity index (χ0) is 27.0. The lowest BCUT2D eigenvalue weighted by Crippen LogP contribution is -2.41. The van der Waals surface area contributed by atoms with Gasteiger partial charge in [0.15, 0.2) is 0 Å². The predicted molar refractivity (Wildman–Crippen MR) is 155 cm³/mol. The third-order valence-corrected chi connectivity index (χ3v) is 7.32. The molecule has 1 fully saturated rings. The zero-order valence-electron chi connectivity index (χ0n) is 23.7. The van der Waals surface area contributed by atoms with Crippen molar-refractivity contribution in [2.75, 3.05) is 0 Å². The van der Waals surface area contributed by atoms with Crippen LogP contribution >= 0.6 is 0 Å². The largest absolute Gasteiger partial charge is 0.497 e. The summed E-state index contributed by atoms with van der Waals surface area (Å²) in [6.07, 6.45) is 0. The van der Waals surface area contributed by atoms with E-state index in [1.807, 2.05) is 0 Å². The SMILES string of the molecule is Cc1ccc(C#Cc2cc(C(C)(C)C)cc(C#Cc3ccc(C)cc3)c2B2OC(C)(C)C(C)(C)O2)cc1. The van der Waals surface area contributed by atoms with Crippen LogP contribution in [-0.4, -0.2) is 18.3 Å². The smallest absolute Gasteiger partial charge is 0.399 e. The molecule has 3 heteroatoms. The molecule has 0 atom stereocenters. The van der Waals surface area contributed by atoms with Crippen molar-refractivity contribution >= 4 is 12.6 Å². The molecular weight excluding hydrogens is 451 g/mol. The Morgan fingerprint density at radius 1 is 0.622 bits per heavy atom. The molecule has 4 rings (SSSR count). The first kappa shape index (κ1) is 26.8. The molecule has 0 bridgehead atoms. The second-order valence-electron chi connectivity index (χ2n) is 12.1. The monoisotopic (exact) mass is 488 g/mol. The Morgan fingerprint density at radius 3 is 1.35 bits per heavy atom. The molecule has 3 aromatic rings. The molecule has 0 radical (unpaired) electrons. The second kappa shape index (κ2) is 9.91. The Bertz CT molecular complexity index is 1310. The number of hydrogen-bond donors (Lipinski definition) is 0. The van der Waals surface area contributed by atoms with Gasteiger partial charge in [-0.25, -0.2) is 0 Å². The highest BCUT2D eigenvalue weighted by Crippen LogP contribution is 2.37. The van der Waals surface area contributed by atoms with E-state index in [0.29, 0.717) is 0 Å². The van der Waals surface area contributed by atoms with Gasteiger partial charge in [0.25, 0.3) is 0 Å². The molecule has 1 aliphatic heterocycles.